The summed E-state index contributed by atoms with van der Waals surface area (Å²) < 4.78 is 48.8. The average molecular weight is 449 g/mol. The Morgan fingerprint density at radius 2 is 1.94 bits per heavy atom. The topological polar surface area (TPSA) is 45.1 Å². The number of urea groups is 1. The number of carbonyl (C=O) groups excluding carboxylic acids is 1. The van der Waals surface area contributed by atoms with Crippen LogP contribution in [-0.2, 0) is 4.87 Å². The quantitative estimate of drug-likeness (QED) is 0.651. The minimum Gasteiger partial charge on any atom is -0.493 e. The van der Waals surface area contributed by atoms with Gasteiger partial charge in [0.2, 0.25) is 0 Å². The highest BCUT2D eigenvalue weighted by Crippen LogP contribution is 2.58. The predicted octanol–water partition coefficient (Wildman–Crippen LogP) is 5.16. The first kappa shape index (κ1) is 21.5. The first-order chi connectivity index (χ1) is 14.8. The molecule has 2 aromatic rings. The summed E-state index contributed by atoms with van der Waals surface area (Å²) in [6.07, 6.45) is 1.45. The molecule has 2 aliphatic rings. The number of hydrogen-bond acceptors (Lipinski definition) is 4. The molecule has 2 aromatic carbocycles. The van der Waals surface area contributed by atoms with E-state index in [1.54, 1.807) is 14.1 Å². The number of amides is 2. The lowest BCUT2D eigenvalue weighted by molar-refractivity contribution is 0.0659. The zero-order valence-corrected chi connectivity index (χ0v) is 18.2. The SMILES string of the molecule is CCC[C@@H]1COc2ccc(F)cc2[C@@]12SC(c1cc(F)ccc1F)=NN2C(=O)N(C)C. The van der Waals surface area contributed by atoms with Crippen LogP contribution in [0.3, 0.4) is 0 Å². The van der Waals surface area contributed by atoms with Crippen molar-refractivity contribution in [3.63, 3.8) is 0 Å². The van der Waals surface area contributed by atoms with Crippen LogP contribution in [0.5, 0.6) is 5.75 Å². The third kappa shape index (κ3) is 3.54. The number of fused-ring (bicyclic) bond motifs is 2. The Morgan fingerprint density at radius 3 is 2.65 bits per heavy atom. The monoisotopic (exact) mass is 449 g/mol. The van der Waals surface area contributed by atoms with E-state index in [-0.39, 0.29) is 23.1 Å². The summed E-state index contributed by atoms with van der Waals surface area (Å²) in [7, 11) is 3.16. The van der Waals surface area contributed by atoms with E-state index in [0.29, 0.717) is 17.7 Å². The van der Waals surface area contributed by atoms with Gasteiger partial charge in [0.15, 0.2) is 4.87 Å². The van der Waals surface area contributed by atoms with Gasteiger partial charge in [0, 0.05) is 31.1 Å². The molecule has 0 N–H and O–H groups in total. The van der Waals surface area contributed by atoms with Crippen molar-refractivity contribution in [1.82, 2.24) is 9.91 Å². The molecule has 4 rings (SSSR count). The van der Waals surface area contributed by atoms with Crippen molar-refractivity contribution in [2.24, 2.45) is 11.0 Å². The Kier molecular flexibility index (Phi) is 5.63. The van der Waals surface area contributed by atoms with Gasteiger partial charge in [0.05, 0.1) is 6.61 Å². The summed E-state index contributed by atoms with van der Waals surface area (Å²) in [4.78, 5) is 13.4. The number of rotatable bonds is 3. The maximum atomic E-state index is 14.6. The van der Waals surface area contributed by atoms with Gasteiger partial charge in [0.25, 0.3) is 0 Å². The van der Waals surface area contributed by atoms with E-state index in [0.717, 1.165) is 36.4 Å². The third-order valence-corrected chi connectivity index (χ3v) is 6.97. The molecule has 2 heterocycles. The van der Waals surface area contributed by atoms with E-state index in [4.69, 9.17) is 4.74 Å². The first-order valence-electron chi connectivity index (χ1n) is 9.95. The standard InChI is InChI=1S/C22H22F3N3O2S/c1-4-5-13-12-30-19-9-7-15(24)11-17(19)22(13)28(21(29)27(2)3)26-20(31-22)16-10-14(23)6-8-18(16)25/h6-11,13H,4-5,12H2,1-3H3/t13-,22+/m1/s1. The van der Waals surface area contributed by atoms with Crippen LogP contribution in [0.25, 0.3) is 0 Å². The molecule has 0 radical (unpaired) electrons. The van der Waals surface area contributed by atoms with Gasteiger partial charge < -0.3 is 9.64 Å². The van der Waals surface area contributed by atoms with E-state index in [2.05, 4.69) is 5.10 Å². The van der Waals surface area contributed by atoms with Gasteiger partial charge >= 0.3 is 6.03 Å². The molecule has 0 unspecified atom stereocenters. The number of ether oxygens (including phenoxy) is 1. The first-order valence-corrected chi connectivity index (χ1v) is 10.8. The Bertz CT molecular complexity index is 1060. The fraction of sp³-hybridized carbons (Fsp3) is 0.364. The third-order valence-electron chi connectivity index (χ3n) is 5.44. The highest BCUT2D eigenvalue weighted by molar-refractivity contribution is 8.15. The lowest BCUT2D eigenvalue weighted by atomic mass is 9.86. The maximum absolute atomic E-state index is 14.6. The lowest BCUT2D eigenvalue weighted by Crippen LogP contribution is -2.53. The van der Waals surface area contributed by atoms with Crippen molar-refractivity contribution in [3.8, 4) is 5.75 Å². The second kappa shape index (κ2) is 8.11. The summed E-state index contributed by atoms with van der Waals surface area (Å²) in [6, 6.07) is 6.80. The molecule has 0 aliphatic carbocycles. The highest BCUT2D eigenvalue weighted by Gasteiger charge is 2.57. The molecule has 0 aromatic heterocycles. The van der Waals surface area contributed by atoms with Crippen LogP contribution in [0.4, 0.5) is 18.0 Å². The van der Waals surface area contributed by atoms with E-state index >= 15 is 0 Å². The molecule has 31 heavy (non-hydrogen) atoms. The van der Waals surface area contributed by atoms with Crippen molar-refractivity contribution in [3.05, 3.63) is 65.0 Å². The number of carbonyl (C=O) groups is 1. The van der Waals surface area contributed by atoms with Crippen molar-refractivity contribution in [2.75, 3.05) is 20.7 Å². The van der Waals surface area contributed by atoms with Crippen molar-refractivity contribution >= 4 is 22.8 Å². The second-order valence-electron chi connectivity index (χ2n) is 7.75. The molecule has 5 nitrogen and oxygen atoms in total. The van der Waals surface area contributed by atoms with E-state index in [1.165, 1.54) is 28.1 Å². The molecule has 1 spiro atoms. The van der Waals surface area contributed by atoms with Gasteiger partial charge in [-0.25, -0.2) is 18.0 Å². The van der Waals surface area contributed by atoms with Gasteiger partial charge in [-0.1, -0.05) is 25.1 Å². The largest absolute Gasteiger partial charge is 0.493 e. The minimum atomic E-state index is -1.15. The fourth-order valence-corrected chi connectivity index (χ4v) is 5.52. The molecule has 2 amide bonds. The van der Waals surface area contributed by atoms with Gasteiger partial charge in [-0.2, -0.15) is 10.1 Å². The average Bonchev–Trinajstić information content (AvgIpc) is 3.12. The Hall–Kier alpha value is -2.68. The summed E-state index contributed by atoms with van der Waals surface area (Å²) in [5.41, 5.74) is 0.408. The Labute approximate surface area is 182 Å². The molecule has 0 bridgehead atoms. The highest BCUT2D eigenvalue weighted by atomic mass is 32.2. The molecule has 2 aliphatic heterocycles. The Balaban J connectivity index is 1.94. The van der Waals surface area contributed by atoms with E-state index < -0.39 is 28.4 Å². The molecular formula is C22H22F3N3O2S. The second-order valence-corrected chi connectivity index (χ2v) is 8.97. The molecule has 164 valence electrons. The van der Waals surface area contributed by atoms with Gasteiger partial charge in [-0.15, -0.1) is 0 Å². The van der Waals surface area contributed by atoms with Crippen LogP contribution in [0.15, 0.2) is 41.5 Å². The lowest BCUT2D eigenvalue weighted by Gasteiger charge is -2.45. The predicted molar refractivity (Wildman–Crippen MR) is 113 cm³/mol. The maximum Gasteiger partial charge on any atom is 0.341 e. The van der Waals surface area contributed by atoms with Gasteiger partial charge in [0.1, 0.15) is 28.2 Å². The number of thioether (sulfide) groups is 1. The van der Waals surface area contributed by atoms with Crippen molar-refractivity contribution in [1.29, 1.82) is 0 Å². The van der Waals surface area contributed by atoms with E-state index in [1.807, 2.05) is 6.92 Å². The molecular weight excluding hydrogens is 427 g/mol. The van der Waals surface area contributed by atoms with E-state index in [9.17, 15) is 18.0 Å². The number of benzene rings is 2. The zero-order valence-electron chi connectivity index (χ0n) is 17.4. The van der Waals surface area contributed by atoms with Crippen molar-refractivity contribution in [2.45, 2.75) is 24.6 Å². The summed E-state index contributed by atoms with van der Waals surface area (Å²) in [5.74, 6) is -1.56. The van der Waals surface area contributed by atoms with Crippen LogP contribution in [0.1, 0.15) is 30.9 Å². The number of nitrogens with zero attached hydrogens (tertiary/aromatic N) is 3. The summed E-state index contributed by atoms with van der Waals surface area (Å²) >= 11 is 1.14. The Morgan fingerprint density at radius 1 is 1.23 bits per heavy atom. The zero-order chi connectivity index (χ0) is 22.3. The van der Waals surface area contributed by atoms with Gasteiger partial charge in [-0.05, 0) is 42.8 Å². The number of hydrazone groups is 1. The molecule has 0 fully saturated rings. The van der Waals surface area contributed by atoms with Crippen LogP contribution in [0, 0.1) is 23.4 Å². The number of hydrogen-bond donors (Lipinski definition) is 0. The molecule has 9 heteroatoms. The number of halogens is 3. The van der Waals surface area contributed by atoms with Crippen LogP contribution >= 0.6 is 11.8 Å². The fourth-order valence-electron chi connectivity index (χ4n) is 4.00. The summed E-state index contributed by atoms with van der Waals surface area (Å²) in [5, 5.41) is 5.89. The van der Waals surface area contributed by atoms with Crippen molar-refractivity contribution < 1.29 is 22.7 Å². The van der Waals surface area contributed by atoms with Crippen LogP contribution in [0.2, 0.25) is 0 Å². The minimum absolute atomic E-state index is 0.0434. The molecule has 2 atom stereocenters. The summed E-state index contributed by atoms with van der Waals surface area (Å²) in [6.45, 7) is 2.28. The normalized spacial score (nSPS) is 22.2. The molecule has 0 saturated carbocycles. The van der Waals surface area contributed by atoms with Crippen LogP contribution in [-0.4, -0.2) is 41.7 Å². The smallest absolute Gasteiger partial charge is 0.341 e. The van der Waals surface area contributed by atoms with Crippen LogP contribution < -0.4 is 4.74 Å². The van der Waals surface area contributed by atoms with Gasteiger partial charge in [-0.3, -0.25) is 0 Å². The molecule has 0 saturated heterocycles.